The van der Waals surface area contributed by atoms with Gasteiger partial charge in [-0.15, -0.1) is 0 Å². The number of nitrogens with two attached hydrogens (primary N) is 1. The molecule has 5 rings (SSSR count). The van der Waals surface area contributed by atoms with Crippen molar-refractivity contribution in [2.24, 2.45) is 0 Å². The third-order valence-corrected chi connectivity index (χ3v) is 5.47. The van der Waals surface area contributed by atoms with Crippen molar-refractivity contribution in [1.82, 2.24) is 14.6 Å². The predicted molar refractivity (Wildman–Crippen MR) is 108 cm³/mol. The molecule has 2 atom stereocenters. The molecule has 0 bridgehead atoms. The molecule has 0 fully saturated rings. The van der Waals surface area contributed by atoms with Gasteiger partial charge in [-0.25, -0.2) is 4.98 Å². The highest BCUT2D eigenvalue weighted by atomic mass is 15.3. The zero-order chi connectivity index (χ0) is 18.2. The first kappa shape index (κ1) is 15.9. The minimum absolute atomic E-state index is 0.183. The molecule has 0 spiro atoms. The largest absolute Gasteiger partial charge is 0.384 e. The summed E-state index contributed by atoms with van der Waals surface area (Å²) in [7, 11) is 0. The summed E-state index contributed by atoms with van der Waals surface area (Å²) in [5.74, 6) is 0.976. The molecule has 0 radical (unpaired) electrons. The van der Waals surface area contributed by atoms with Crippen molar-refractivity contribution in [3.63, 3.8) is 0 Å². The normalized spacial score (nSPS) is 19.0. The summed E-state index contributed by atoms with van der Waals surface area (Å²) in [6.07, 6.45) is 3.73. The van der Waals surface area contributed by atoms with Gasteiger partial charge in [-0.05, 0) is 29.5 Å². The maximum atomic E-state index is 6.17. The first-order valence-electron chi connectivity index (χ1n) is 9.28. The van der Waals surface area contributed by atoms with Gasteiger partial charge in [-0.3, -0.25) is 0 Å². The highest BCUT2D eigenvalue weighted by Crippen LogP contribution is 2.42. The van der Waals surface area contributed by atoms with Crippen molar-refractivity contribution < 1.29 is 0 Å². The van der Waals surface area contributed by atoms with Crippen LogP contribution in [-0.2, 0) is 6.42 Å². The van der Waals surface area contributed by atoms with Crippen LogP contribution in [0, 0.1) is 0 Å². The molecule has 5 nitrogen and oxygen atoms in total. The Labute approximate surface area is 157 Å². The molecule has 27 heavy (non-hydrogen) atoms. The second-order valence-corrected chi connectivity index (χ2v) is 7.08. The quantitative estimate of drug-likeness (QED) is 0.578. The van der Waals surface area contributed by atoms with Crippen molar-refractivity contribution in [3.8, 4) is 0 Å². The number of aryl methyl sites for hydroxylation is 1. The molecule has 0 saturated heterocycles. The van der Waals surface area contributed by atoms with Crippen molar-refractivity contribution >= 4 is 17.2 Å². The Hall–Kier alpha value is -3.34. The van der Waals surface area contributed by atoms with E-state index in [4.69, 9.17) is 5.73 Å². The van der Waals surface area contributed by atoms with Crippen LogP contribution in [0.5, 0.6) is 0 Å². The van der Waals surface area contributed by atoms with Crippen LogP contribution in [0.2, 0.25) is 0 Å². The van der Waals surface area contributed by atoms with Gasteiger partial charge in [0, 0.05) is 23.7 Å². The molecule has 2 aromatic heterocycles. The molecule has 134 valence electrons. The lowest BCUT2D eigenvalue weighted by molar-refractivity contribution is 0.511. The molecular weight excluding hydrogens is 334 g/mol. The summed E-state index contributed by atoms with van der Waals surface area (Å²) in [6, 6.07) is 23.6. The van der Waals surface area contributed by atoms with E-state index < -0.39 is 0 Å². The number of pyridine rings is 1. The van der Waals surface area contributed by atoms with Crippen molar-refractivity contribution in [2.45, 2.75) is 24.8 Å². The van der Waals surface area contributed by atoms with E-state index in [0.29, 0.717) is 11.7 Å². The minimum atomic E-state index is 0.183. The summed E-state index contributed by atoms with van der Waals surface area (Å²) in [5, 5.41) is 7.90. The average Bonchev–Trinajstić information content (AvgIpc) is 3.18. The Morgan fingerprint density at radius 2 is 1.81 bits per heavy atom. The first-order chi connectivity index (χ1) is 13.3. The maximum Gasteiger partial charge on any atom is 0.159 e. The van der Waals surface area contributed by atoms with E-state index in [1.54, 1.807) is 4.52 Å². The number of fused-ring (bicyclic) bond motifs is 2. The third kappa shape index (κ3) is 2.81. The van der Waals surface area contributed by atoms with Gasteiger partial charge in [0.2, 0.25) is 0 Å². The second-order valence-electron chi connectivity index (χ2n) is 7.08. The van der Waals surface area contributed by atoms with E-state index in [2.05, 4.69) is 70.0 Å². The number of nitrogens with zero attached hydrogens (tertiary/aromatic N) is 3. The molecule has 1 aliphatic carbocycles. The Balaban J connectivity index is 1.58. The van der Waals surface area contributed by atoms with E-state index in [1.165, 1.54) is 23.0 Å². The van der Waals surface area contributed by atoms with Gasteiger partial charge in [0.1, 0.15) is 12.1 Å². The lowest BCUT2D eigenvalue weighted by atomic mass is 9.76. The van der Waals surface area contributed by atoms with Gasteiger partial charge in [0.25, 0.3) is 0 Å². The van der Waals surface area contributed by atoms with Gasteiger partial charge < -0.3 is 11.1 Å². The summed E-state index contributed by atoms with van der Waals surface area (Å²) in [5.41, 5.74) is 12.0. The topological polar surface area (TPSA) is 68.2 Å². The molecule has 2 aromatic carbocycles. The molecular formula is C22H21N5. The fraction of sp³-hybridized carbons (Fsp3) is 0.182. The van der Waals surface area contributed by atoms with Crippen LogP contribution in [-0.4, -0.2) is 14.6 Å². The van der Waals surface area contributed by atoms with Gasteiger partial charge in [-0.1, -0.05) is 54.6 Å². The second kappa shape index (κ2) is 6.43. The summed E-state index contributed by atoms with van der Waals surface area (Å²) in [4.78, 5) is 4.29. The lowest BCUT2D eigenvalue weighted by Crippen LogP contribution is -2.25. The van der Waals surface area contributed by atoms with E-state index in [1.807, 2.05) is 12.1 Å². The monoisotopic (exact) mass is 355 g/mol. The standard InChI is InChI=1S/C22H21N5/c23-20-12-17(13-21-24-14-25-27(20)21)26-22-18-9-5-4-8-16(18)10-11-19(22)15-6-2-1-3-7-15/h1-9,12-14,19,22,26H,10-11,23H2. The zero-order valence-electron chi connectivity index (χ0n) is 14.9. The van der Waals surface area contributed by atoms with Gasteiger partial charge in [0.15, 0.2) is 5.65 Å². The average molecular weight is 355 g/mol. The molecule has 4 aromatic rings. The smallest absolute Gasteiger partial charge is 0.159 e. The van der Waals surface area contributed by atoms with Crippen LogP contribution in [0.1, 0.15) is 35.1 Å². The predicted octanol–water partition coefficient (Wildman–Crippen LogP) is 4.19. The number of nitrogens with one attached hydrogen (secondary N) is 1. The lowest BCUT2D eigenvalue weighted by Gasteiger charge is -2.35. The number of nitrogen functional groups attached to an aromatic ring is 1. The number of anilines is 2. The number of aromatic nitrogens is 3. The third-order valence-electron chi connectivity index (χ3n) is 5.47. The fourth-order valence-corrected chi connectivity index (χ4v) is 4.21. The summed E-state index contributed by atoms with van der Waals surface area (Å²) >= 11 is 0. The number of hydrogen-bond acceptors (Lipinski definition) is 4. The SMILES string of the molecule is Nc1cc(NC2c3ccccc3CCC2c2ccccc2)cc2ncnn12. The molecule has 0 saturated carbocycles. The minimum Gasteiger partial charge on any atom is -0.384 e. The molecule has 5 heteroatoms. The molecule has 0 aliphatic heterocycles. The number of hydrogen-bond donors (Lipinski definition) is 2. The highest BCUT2D eigenvalue weighted by molar-refractivity contribution is 5.62. The maximum absolute atomic E-state index is 6.17. The van der Waals surface area contributed by atoms with Crippen LogP contribution >= 0.6 is 0 Å². The van der Waals surface area contributed by atoms with Crippen LogP contribution < -0.4 is 11.1 Å². The first-order valence-corrected chi connectivity index (χ1v) is 9.28. The van der Waals surface area contributed by atoms with Crippen LogP contribution in [0.4, 0.5) is 11.5 Å². The van der Waals surface area contributed by atoms with Crippen LogP contribution in [0.3, 0.4) is 0 Å². The Morgan fingerprint density at radius 3 is 2.70 bits per heavy atom. The van der Waals surface area contributed by atoms with Crippen LogP contribution in [0.15, 0.2) is 73.1 Å². The van der Waals surface area contributed by atoms with Gasteiger partial charge in [0.05, 0.1) is 6.04 Å². The number of rotatable bonds is 3. The van der Waals surface area contributed by atoms with Crippen LogP contribution in [0.25, 0.3) is 5.65 Å². The zero-order valence-corrected chi connectivity index (χ0v) is 14.9. The Kier molecular flexibility index (Phi) is 3.78. The van der Waals surface area contributed by atoms with E-state index in [9.17, 15) is 0 Å². The van der Waals surface area contributed by atoms with Gasteiger partial charge in [-0.2, -0.15) is 9.61 Å². The van der Waals surface area contributed by atoms with E-state index >= 15 is 0 Å². The van der Waals surface area contributed by atoms with E-state index in [0.717, 1.165) is 24.2 Å². The fourth-order valence-electron chi connectivity index (χ4n) is 4.21. The number of benzene rings is 2. The molecule has 2 unspecified atom stereocenters. The Morgan fingerprint density at radius 1 is 1.00 bits per heavy atom. The highest BCUT2D eigenvalue weighted by Gasteiger charge is 2.30. The van der Waals surface area contributed by atoms with E-state index in [-0.39, 0.29) is 6.04 Å². The van der Waals surface area contributed by atoms with Crippen molar-refractivity contribution in [1.29, 1.82) is 0 Å². The molecule has 2 heterocycles. The van der Waals surface area contributed by atoms with Crippen molar-refractivity contribution in [3.05, 3.63) is 89.7 Å². The summed E-state index contributed by atoms with van der Waals surface area (Å²) in [6.45, 7) is 0. The summed E-state index contributed by atoms with van der Waals surface area (Å²) < 4.78 is 1.65. The van der Waals surface area contributed by atoms with Gasteiger partial charge >= 0.3 is 0 Å². The van der Waals surface area contributed by atoms with Crippen molar-refractivity contribution in [2.75, 3.05) is 11.1 Å². The molecule has 3 N–H and O–H groups in total. The Bertz CT molecular complexity index is 1090. The molecule has 0 amide bonds. The molecule has 1 aliphatic rings.